The largest absolute Gasteiger partial charge is 0.461 e. The van der Waals surface area contributed by atoms with Crippen LogP contribution in [0.25, 0.3) is 0 Å². The predicted molar refractivity (Wildman–Crippen MR) is 51.2 cm³/mol. The first-order valence-corrected chi connectivity index (χ1v) is 4.78. The standard InChI is InChI=1S/C10H8O2S/c1-7-5-9(13-6-7)10(11)8-3-2-4-12-8/h2-6H,1H3. The number of ketones is 1. The topological polar surface area (TPSA) is 30.2 Å². The van der Waals surface area contributed by atoms with E-state index in [2.05, 4.69) is 0 Å². The number of hydrogen-bond acceptors (Lipinski definition) is 3. The normalized spacial score (nSPS) is 10.2. The maximum absolute atomic E-state index is 11.6. The van der Waals surface area contributed by atoms with Crippen molar-refractivity contribution in [1.29, 1.82) is 0 Å². The molecule has 0 N–H and O–H groups in total. The fourth-order valence-corrected chi connectivity index (χ4v) is 1.92. The Labute approximate surface area is 79.8 Å². The van der Waals surface area contributed by atoms with Gasteiger partial charge in [0.1, 0.15) is 0 Å². The van der Waals surface area contributed by atoms with Crippen LogP contribution in [-0.4, -0.2) is 5.78 Å². The van der Waals surface area contributed by atoms with E-state index in [4.69, 9.17) is 4.42 Å². The SMILES string of the molecule is Cc1csc(C(=O)c2ccco2)c1. The highest BCUT2D eigenvalue weighted by atomic mass is 32.1. The third-order valence-electron chi connectivity index (χ3n) is 1.70. The van der Waals surface area contributed by atoms with Crippen molar-refractivity contribution in [3.8, 4) is 0 Å². The molecule has 3 heteroatoms. The summed E-state index contributed by atoms with van der Waals surface area (Å²) >= 11 is 1.45. The highest BCUT2D eigenvalue weighted by Crippen LogP contribution is 2.18. The lowest BCUT2D eigenvalue weighted by Gasteiger charge is -1.89. The maximum Gasteiger partial charge on any atom is 0.238 e. The lowest BCUT2D eigenvalue weighted by Crippen LogP contribution is -1.95. The van der Waals surface area contributed by atoms with E-state index in [9.17, 15) is 4.79 Å². The van der Waals surface area contributed by atoms with Gasteiger partial charge in [0.2, 0.25) is 5.78 Å². The molecule has 0 aromatic carbocycles. The van der Waals surface area contributed by atoms with Crippen LogP contribution in [0.3, 0.4) is 0 Å². The Bertz CT molecular complexity index is 412. The maximum atomic E-state index is 11.6. The first-order valence-electron chi connectivity index (χ1n) is 3.91. The summed E-state index contributed by atoms with van der Waals surface area (Å²) in [5, 5.41) is 1.95. The first-order chi connectivity index (χ1) is 6.27. The Morgan fingerprint density at radius 3 is 2.92 bits per heavy atom. The molecule has 0 aliphatic heterocycles. The molecule has 0 fully saturated rings. The second kappa shape index (κ2) is 3.18. The summed E-state index contributed by atoms with van der Waals surface area (Å²) in [6.07, 6.45) is 1.51. The average Bonchev–Trinajstić information content (AvgIpc) is 2.72. The van der Waals surface area contributed by atoms with Crippen molar-refractivity contribution in [1.82, 2.24) is 0 Å². The van der Waals surface area contributed by atoms with Crippen molar-refractivity contribution in [2.45, 2.75) is 6.92 Å². The van der Waals surface area contributed by atoms with Gasteiger partial charge < -0.3 is 4.42 Å². The number of rotatable bonds is 2. The molecule has 0 saturated carbocycles. The van der Waals surface area contributed by atoms with Crippen LogP contribution in [0.5, 0.6) is 0 Å². The molecule has 66 valence electrons. The fourth-order valence-electron chi connectivity index (χ4n) is 1.08. The third-order valence-corrected chi connectivity index (χ3v) is 2.75. The van der Waals surface area contributed by atoms with Gasteiger partial charge in [-0.2, -0.15) is 0 Å². The molecule has 0 saturated heterocycles. The van der Waals surface area contributed by atoms with Crippen molar-refractivity contribution in [2.75, 3.05) is 0 Å². The van der Waals surface area contributed by atoms with E-state index in [1.807, 2.05) is 18.4 Å². The van der Waals surface area contributed by atoms with E-state index in [-0.39, 0.29) is 5.78 Å². The molecule has 2 nitrogen and oxygen atoms in total. The van der Waals surface area contributed by atoms with E-state index in [1.165, 1.54) is 17.6 Å². The Kier molecular flexibility index (Phi) is 2.02. The van der Waals surface area contributed by atoms with Crippen LogP contribution in [0.15, 0.2) is 34.3 Å². The summed E-state index contributed by atoms with van der Waals surface area (Å²) in [7, 11) is 0. The molecule has 0 aliphatic carbocycles. The van der Waals surface area contributed by atoms with Gasteiger partial charge in [-0.05, 0) is 36.1 Å². The van der Waals surface area contributed by atoms with Gasteiger partial charge in [-0.1, -0.05) is 0 Å². The Morgan fingerprint density at radius 2 is 2.38 bits per heavy atom. The molecule has 0 atom stereocenters. The lowest BCUT2D eigenvalue weighted by atomic mass is 10.2. The predicted octanol–water partition coefficient (Wildman–Crippen LogP) is 2.88. The molecule has 0 aliphatic rings. The van der Waals surface area contributed by atoms with E-state index in [0.717, 1.165) is 10.4 Å². The van der Waals surface area contributed by atoms with Gasteiger partial charge in [0, 0.05) is 0 Å². The van der Waals surface area contributed by atoms with Crippen LogP contribution in [0.4, 0.5) is 0 Å². The zero-order valence-electron chi connectivity index (χ0n) is 7.11. The minimum absolute atomic E-state index is 0.0388. The molecule has 2 aromatic heterocycles. The number of thiophene rings is 1. The number of carbonyl (C=O) groups is 1. The highest BCUT2D eigenvalue weighted by molar-refractivity contribution is 7.12. The monoisotopic (exact) mass is 192 g/mol. The first kappa shape index (κ1) is 8.26. The van der Waals surface area contributed by atoms with E-state index < -0.39 is 0 Å². The summed E-state index contributed by atoms with van der Waals surface area (Å²) in [5.74, 6) is 0.366. The molecule has 2 heterocycles. The highest BCUT2D eigenvalue weighted by Gasteiger charge is 2.12. The van der Waals surface area contributed by atoms with Gasteiger partial charge >= 0.3 is 0 Å². The van der Waals surface area contributed by atoms with E-state index in [0.29, 0.717) is 5.76 Å². The van der Waals surface area contributed by atoms with Crippen molar-refractivity contribution in [3.05, 3.63) is 46.0 Å². The van der Waals surface area contributed by atoms with Gasteiger partial charge in [-0.3, -0.25) is 4.79 Å². The van der Waals surface area contributed by atoms with Gasteiger partial charge in [0.05, 0.1) is 11.1 Å². The molecule has 2 aromatic rings. The summed E-state index contributed by atoms with van der Waals surface area (Å²) in [4.78, 5) is 12.4. The molecule has 13 heavy (non-hydrogen) atoms. The van der Waals surface area contributed by atoms with Crippen LogP contribution in [0.2, 0.25) is 0 Å². The van der Waals surface area contributed by atoms with Crippen molar-refractivity contribution < 1.29 is 9.21 Å². The van der Waals surface area contributed by atoms with E-state index in [1.54, 1.807) is 12.1 Å². The van der Waals surface area contributed by atoms with Crippen molar-refractivity contribution >= 4 is 17.1 Å². The summed E-state index contributed by atoms with van der Waals surface area (Å²) in [6, 6.07) is 5.26. The molecule has 2 rings (SSSR count). The number of aryl methyl sites for hydroxylation is 1. The molecule has 0 spiro atoms. The third kappa shape index (κ3) is 1.55. The fraction of sp³-hybridized carbons (Fsp3) is 0.100. The minimum atomic E-state index is -0.0388. The summed E-state index contributed by atoms with van der Waals surface area (Å²) in [5.41, 5.74) is 1.11. The van der Waals surface area contributed by atoms with Gasteiger partial charge in [0.15, 0.2) is 5.76 Å². The molecule has 0 bridgehead atoms. The summed E-state index contributed by atoms with van der Waals surface area (Å²) < 4.78 is 5.02. The van der Waals surface area contributed by atoms with Gasteiger partial charge in [-0.15, -0.1) is 11.3 Å². The second-order valence-corrected chi connectivity index (χ2v) is 3.71. The molecule has 0 unspecified atom stereocenters. The number of hydrogen-bond donors (Lipinski definition) is 0. The van der Waals surface area contributed by atoms with Crippen molar-refractivity contribution in [3.63, 3.8) is 0 Å². The van der Waals surface area contributed by atoms with Crippen molar-refractivity contribution in [2.24, 2.45) is 0 Å². The molecular weight excluding hydrogens is 184 g/mol. The average molecular weight is 192 g/mol. The Balaban J connectivity index is 2.33. The number of furan rings is 1. The minimum Gasteiger partial charge on any atom is -0.461 e. The zero-order valence-corrected chi connectivity index (χ0v) is 7.93. The summed E-state index contributed by atoms with van der Waals surface area (Å²) in [6.45, 7) is 1.97. The van der Waals surface area contributed by atoms with Crippen LogP contribution in [-0.2, 0) is 0 Å². The quantitative estimate of drug-likeness (QED) is 0.685. The van der Waals surface area contributed by atoms with Crippen LogP contribution in [0.1, 0.15) is 21.0 Å². The van der Waals surface area contributed by atoms with Gasteiger partial charge in [0.25, 0.3) is 0 Å². The molecule has 0 radical (unpaired) electrons. The van der Waals surface area contributed by atoms with Gasteiger partial charge in [-0.25, -0.2) is 0 Å². The zero-order chi connectivity index (χ0) is 9.26. The Morgan fingerprint density at radius 1 is 1.54 bits per heavy atom. The van der Waals surface area contributed by atoms with Crippen LogP contribution < -0.4 is 0 Å². The molecule has 0 amide bonds. The van der Waals surface area contributed by atoms with E-state index >= 15 is 0 Å². The van der Waals surface area contributed by atoms with Crippen LogP contribution in [0, 0.1) is 6.92 Å². The molecular formula is C10H8O2S. The Hall–Kier alpha value is -1.35. The smallest absolute Gasteiger partial charge is 0.238 e. The number of carbonyl (C=O) groups excluding carboxylic acids is 1. The van der Waals surface area contributed by atoms with Crippen LogP contribution >= 0.6 is 11.3 Å². The second-order valence-electron chi connectivity index (χ2n) is 2.79. The lowest BCUT2D eigenvalue weighted by molar-refractivity contribution is 0.101.